The second kappa shape index (κ2) is 4.32. The van der Waals surface area contributed by atoms with E-state index in [0.717, 1.165) is 11.3 Å². The maximum absolute atomic E-state index is 11.7. The molecule has 2 rings (SSSR count). The molecule has 88 valence electrons. The van der Waals surface area contributed by atoms with E-state index in [1.54, 1.807) is 29.7 Å². The Morgan fingerprint density at radius 3 is 3.00 bits per heavy atom. The van der Waals surface area contributed by atoms with Crippen molar-refractivity contribution in [3.05, 3.63) is 29.7 Å². The lowest BCUT2D eigenvalue weighted by atomic mass is 10.3. The van der Waals surface area contributed by atoms with Crippen LogP contribution in [0.5, 0.6) is 0 Å². The predicted molar refractivity (Wildman–Crippen MR) is 64.2 cm³/mol. The Morgan fingerprint density at radius 2 is 2.29 bits per heavy atom. The molecule has 1 amide bonds. The van der Waals surface area contributed by atoms with Crippen molar-refractivity contribution in [2.45, 2.75) is 6.92 Å². The number of hydrogen-bond acceptors (Lipinski definition) is 3. The average Bonchev–Trinajstić information content (AvgIpc) is 2.64. The second-order valence-electron chi connectivity index (χ2n) is 3.94. The first kappa shape index (κ1) is 11.3. The molecule has 0 aliphatic heterocycles. The van der Waals surface area contributed by atoms with Crippen LogP contribution in [0.15, 0.2) is 23.5 Å². The summed E-state index contributed by atoms with van der Waals surface area (Å²) in [5.74, 6) is -0.332. The molecule has 6 heteroatoms. The molecule has 0 saturated heterocycles. The number of carbonyl (C=O) groups is 1. The summed E-state index contributed by atoms with van der Waals surface area (Å²) in [5.41, 5.74) is 1.99. The zero-order valence-corrected chi connectivity index (χ0v) is 9.95. The monoisotopic (exact) mass is 231 g/mol. The number of aromatic nitrogens is 3. The number of amides is 1. The summed E-state index contributed by atoms with van der Waals surface area (Å²) < 4.78 is 1.58. The van der Waals surface area contributed by atoms with Gasteiger partial charge in [-0.25, -0.2) is 9.50 Å². The summed E-state index contributed by atoms with van der Waals surface area (Å²) in [6.07, 6.45) is 4.59. The van der Waals surface area contributed by atoms with E-state index in [0.29, 0.717) is 5.56 Å². The van der Waals surface area contributed by atoms with E-state index in [-0.39, 0.29) is 5.91 Å². The Labute approximate surface area is 98.6 Å². The van der Waals surface area contributed by atoms with Gasteiger partial charge in [0.25, 0.3) is 5.91 Å². The maximum atomic E-state index is 11.7. The molecule has 0 atom stereocenters. The number of aliphatic imine (C=N–C) groups is 1. The third-order valence-electron chi connectivity index (χ3n) is 2.09. The molecule has 0 spiro atoms. The minimum atomic E-state index is -0.332. The average molecular weight is 231 g/mol. The minimum absolute atomic E-state index is 0.332. The molecule has 0 bridgehead atoms. The van der Waals surface area contributed by atoms with Crippen LogP contribution in [-0.2, 0) is 0 Å². The molecule has 0 aliphatic carbocycles. The minimum Gasteiger partial charge on any atom is -0.369 e. The molecule has 2 aromatic heterocycles. The van der Waals surface area contributed by atoms with Crippen LogP contribution in [0.4, 0.5) is 0 Å². The number of hydrogen-bond donors (Lipinski definition) is 0. The van der Waals surface area contributed by atoms with Gasteiger partial charge in [0.1, 0.15) is 0 Å². The molecule has 0 aliphatic rings. The van der Waals surface area contributed by atoms with Gasteiger partial charge in [0.15, 0.2) is 5.65 Å². The number of fused-ring (bicyclic) bond motifs is 1. The highest BCUT2D eigenvalue weighted by Gasteiger charge is 2.06. The third-order valence-corrected chi connectivity index (χ3v) is 2.09. The highest BCUT2D eigenvalue weighted by atomic mass is 16.1. The fourth-order valence-electron chi connectivity index (χ4n) is 1.35. The molecular formula is C11H13N5O. The van der Waals surface area contributed by atoms with E-state index in [2.05, 4.69) is 15.1 Å². The topological polar surface area (TPSA) is 62.9 Å². The molecule has 2 aromatic rings. The molecule has 0 fully saturated rings. The number of aryl methyl sites for hydroxylation is 1. The van der Waals surface area contributed by atoms with Crippen LogP contribution in [0.1, 0.15) is 16.1 Å². The van der Waals surface area contributed by atoms with Crippen molar-refractivity contribution in [2.75, 3.05) is 14.1 Å². The predicted octanol–water partition coefficient (Wildman–Crippen LogP) is 0.768. The first-order valence-corrected chi connectivity index (χ1v) is 5.13. The normalized spacial score (nSPS) is 11.2. The van der Waals surface area contributed by atoms with E-state index in [1.807, 2.05) is 13.0 Å². The van der Waals surface area contributed by atoms with Crippen molar-refractivity contribution >= 4 is 17.9 Å². The van der Waals surface area contributed by atoms with Crippen molar-refractivity contribution in [1.82, 2.24) is 19.5 Å². The zero-order chi connectivity index (χ0) is 12.4. The van der Waals surface area contributed by atoms with Crippen molar-refractivity contribution < 1.29 is 4.79 Å². The van der Waals surface area contributed by atoms with E-state index in [1.165, 1.54) is 12.5 Å². The molecular weight excluding hydrogens is 218 g/mol. The van der Waals surface area contributed by atoms with Gasteiger partial charge < -0.3 is 4.90 Å². The van der Waals surface area contributed by atoms with Crippen LogP contribution in [0, 0.1) is 6.92 Å². The Kier molecular flexibility index (Phi) is 2.86. The summed E-state index contributed by atoms with van der Waals surface area (Å²) in [4.78, 5) is 21.3. The van der Waals surface area contributed by atoms with Gasteiger partial charge in [0.05, 0.1) is 17.6 Å². The van der Waals surface area contributed by atoms with Crippen molar-refractivity contribution in [1.29, 1.82) is 0 Å². The molecule has 0 radical (unpaired) electrons. The Hall–Kier alpha value is -2.24. The van der Waals surface area contributed by atoms with Crippen molar-refractivity contribution in [3.63, 3.8) is 0 Å². The highest BCUT2D eigenvalue weighted by Crippen LogP contribution is 2.05. The summed E-state index contributed by atoms with van der Waals surface area (Å²) in [6, 6.07) is 1.84. The first-order chi connectivity index (χ1) is 8.06. The Bertz CT molecular complexity index is 585. The van der Waals surface area contributed by atoms with Gasteiger partial charge in [-0.05, 0) is 6.92 Å². The van der Waals surface area contributed by atoms with Gasteiger partial charge in [0, 0.05) is 32.6 Å². The Balaban J connectivity index is 2.32. The van der Waals surface area contributed by atoms with Gasteiger partial charge >= 0.3 is 0 Å². The zero-order valence-electron chi connectivity index (χ0n) is 9.95. The lowest BCUT2D eigenvalue weighted by molar-refractivity contribution is 0.100. The van der Waals surface area contributed by atoms with Gasteiger partial charge in [-0.1, -0.05) is 0 Å². The van der Waals surface area contributed by atoms with Gasteiger partial charge in [-0.2, -0.15) is 10.1 Å². The van der Waals surface area contributed by atoms with Gasteiger partial charge in [-0.3, -0.25) is 4.79 Å². The molecule has 17 heavy (non-hydrogen) atoms. The van der Waals surface area contributed by atoms with E-state index in [4.69, 9.17) is 0 Å². The van der Waals surface area contributed by atoms with Crippen LogP contribution >= 0.6 is 0 Å². The third kappa shape index (κ3) is 2.47. The maximum Gasteiger partial charge on any atom is 0.281 e. The molecule has 0 aromatic carbocycles. The standard InChI is InChI=1S/C11H13N5O/c1-8-4-10-12-5-9(6-16(10)14-8)11(17)13-7-15(2)3/h4-7H,1-3H3. The SMILES string of the molecule is Cc1cc2ncc(C(=O)N=CN(C)C)cn2n1. The van der Waals surface area contributed by atoms with Crippen molar-refractivity contribution in [2.24, 2.45) is 4.99 Å². The van der Waals surface area contributed by atoms with E-state index in [9.17, 15) is 4.79 Å². The molecule has 0 saturated carbocycles. The second-order valence-corrected chi connectivity index (χ2v) is 3.94. The fraction of sp³-hybridized carbons (Fsp3) is 0.273. The van der Waals surface area contributed by atoms with E-state index < -0.39 is 0 Å². The number of nitrogens with zero attached hydrogens (tertiary/aromatic N) is 5. The van der Waals surface area contributed by atoms with E-state index >= 15 is 0 Å². The summed E-state index contributed by atoms with van der Waals surface area (Å²) in [6.45, 7) is 1.88. The number of carbonyl (C=O) groups excluding carboxylic acids is 1. The number of rotatable bonds is 2. The van der Waals surface area contributed by atoms with Gasteiger partial charge in [0.2, 0.25) is 0 Å². The lowest BCUT2D eigenvalue weighted by Gasteiger charge is -2.01. The highest BCUT2D eigenvalue weighted by molar-refractivity contribution is 5.98. The molecule has 0 unspecified atom stereocenters. The quantitative estimate of drug-likeness (QED) is 0.565. The summed E-state index contributed by atoms with van der Waals surface area (Å²) in [7, 11) is 3.60. The first-order valence-electron chi connectivity index (χ1n) is 5.13. The summed E-state index contributed by atoms with van der Waals surface area (Å²) in [5, 5.41) is 4.19. The fourth-order valence-corrected chi connectivity index (χ4v) is 1.35. The van der Waals surface area contributed by atoms with Gasteiger partial charge in [-0.15, -0.1) is 0 Å². The van der Waals surface area contributed by atoms with Crippen LogP contribution in [-0.4, -0.2) is 45.8 Å². The molecule has 6 nitrogen and oxygen atoms in total. The van der Waals surface area contributed by atoms with Crippen molar-refractivity contribution in [3.8, 4) is 0 Å². The lowest BCUT2D eigenvalue weighted by Crippen LogP contribution is -2.10. The Morgan fingerprint density at radius 1 is 1.53 bits per heavy atom. The molecule has 0 N–H and O–H groups in total. The van der Waals surface area contributed by atoms with Crippen LogP contribution < -0.4 is 0 Å². The molecule has 2 heterocycles. The summed E-state index contributed by atoms with van der Waals surface area (Å²) >= 11 is 0. The smallest absolute Gasteiger partial charge is 0.281 e. The largest absolute Gasteiger partial charge is 0.369 e. The van der Waals surface area contributed by atoms with Crippen LogP contribution in [0.25, 0.3) is 5.65 Å². The van der Waals surface area contributed by atoms with Crippen LogP contribution in [0.2, 0.25) is 0 Å². The van der Waals surface area contributed by atoms with Crippen LogP contribution in [0.3, 0.4) is 0 Å².